The molecular formula is C32H22N8Na4O14S4. The largest absolute Gasteiger partial charge is 1.00 e. The first-order valence-electron chi connectivity index (χ1n) is 15.9. The van der Waals surface area contributed by atoms with E-state index in [2.05, 4.69) is 30.7 Å². The number of hydrogen-bond acceptors (Lipinski definition) is 20. The molecule has 4 aromatic carbocycles. The van der Waals surface area contributed by atoms with Gasteiger partial charge in [-0.25, -0.2) is 33.7 Å². The molecule has 0 aliphatic carbocycles. The van der Waals surface area contributed by atoms with Gasteiger partial charge in [0, 0.05) is 0 Å². The molecule has 4 aromatic rings. The third-order valence-corrected chi connectivity index (χ3v) is 11.7. The van der Waals surface area contributed by atoms with Crippen molar-refractivity contribution in [2.24, 2.45) is 30.7 Å². The number of hydrogen-bond donors (Lipinski definition) is 0. The van der Waals surface area contributed by atoms with Gasteiger partial charge < -0.3 is 18.2 Å². The van der Waals surface area contributed by atoms with Crippen molar-refractivity contribution in [3.8, 4) is 11.1 Å². The molecule has 2 amide bonds. The summed E-state index contributed by atoms with van der Waals surface area (Å²) in [6, 6.07) is 11.8. The molecule has 6 rings (SSSR count). The van der Waals surface area contributed by atoms with Gasteiger partial charge in [0.05, 0.1) is 42.4 Å². The molecular weight excluding hydrogens is 941 g/mol. The van der Waals surface area contributed by atoms with Gasteiger partial charge in [-0.15, -0.1) is 0 Å². The van der Waals surface area contributed by atoms with Gasteiger partial charge in [0.1, 0.15) is 51.8 Å². The second-order valence-electron chi connectivity index (χ2n) is 12.2. The Morgan fingerprint density at radius 3 is 1.06 bits per heavy atom. The fourth-order valence-corrected chi connectivity index (χ4v) is 7.66. The van der Waals surface area contributed by atoms with Crippen molar-refractivity contribution in [1.29, 1.82) is 0 Å². The molecule has 0 fully saturated rings. The molecule has 0 radical (unpaired) electrons. The number of anilines is 2. The van der Waals surface area contributed by atoms with E-state index in [0.29, 0.717) is 0 Å². The number of azo groups is 2. The smallest absolute Gasteiger partial charge is 0.744 e. The molecule has 2 unspecified atom stereocenters. The van der Waals surface area contributed by atoms with Crippen LogP contribution in [0.3, 0.4) is 0 Å². The molecule has 0 spiro atoms. The van der Waals surface area contributed by atoms with Crippen LogP contribution >= 0.6 is 0 Å². The van der Waals surface area contributed by atoms with Crippen LogP contribution in [0.4, 0.5) is 22.7 Å². The molecule has 0 bridgehead atoms. The van der Waals surface area contributed by atoms with Crippen molar-refractivity contribution in [2.45, 2.75) is 45.5 Å². The van der Waals surface area contributed by atoms with Crippen LogP contribution in [0, 0.1) is 0 Å². The van der Waals surface area contributed by atoms with Gasteiger partial charge >= 0.3 is 118 Å². The predicted molar refractivity (Wildman–Crippen MR) is 194 cm³/mol. The van der Waals surface area contributed by atoms with Crippen LogP contribution in [0.1, 0.15) is 13.8 Å². The molecule has 2 atom stereocenters. The fourth-order valence-electron chi connectivity index (χ4n) is 5.45. The number of nitrogens with zero attached hydrogens (tertiary/aromatic N) is 8. The van der Waals surface area contributed by atoms with Gasteiger partial charge in [-0.1, -0.05) is 12.1 Å². The number of amides is 2. The van der Waals surface area contributed by atoms with Crippen LogP contribution in [-0.4, -0.2) is 87.2 Å². The third-order valence-electron chi connectivity index (χ3n) is 8.29. The van der Waals surface area contributed by atoms with E-state index in [1.807, 2.05) is 0 Å². The van der Waals surface area contributed by atoms with Gasteiger partial charge in [-0.2, -0.15) is 40.7 Å². The van der Waals surface area contributed by atoms with E-state index >= 15 is 0 Å². The van der Waals surface area contributed by atoms with Crippen LogP contribution in [0.5, 0.6) is 0 Å². The Morgan fingerprint density at radius 2 is 0.790 bits per heavy atom. The van der Waals surface area contributed by atoms with Crippen molar-refractivity contribution < 1.29 is 180 Å². The van der Waals surface area contributed by atoms with E-state index in [1.165, 1.54) is 26.0 Å². The van der Waals surface area contributed by atoms with Gasteiger partial charge in [-0.05, 0) is 97.8 Å². The van der Waals surface area contributed by atoms with E-state index in [0.717, 1.165) is 82.8 Å². The standard InChI is InChI=1S/C32H26N8O14S4.4Na/c1-17-29(31(41)39(37-17)21-5-9-23(10-6-21)55(43,44)45)35-33-25-13-3-19(15-27(25)57(49,50)51)20-4-14-26(28(16-20)58(52,53)54)34-36-30-18(2)38-40(32(30)42)22-7-11-24(12-8-22)56(46,47)48;;;;/h3-16,29-30H,1-2H3,(H,43,44,45)(H,46,47,48)(H,49,50,51)(H,52,53,54);;;;/q;4*+1/p-4. The SMILES string of the molecule is CC1=NN(c2ccc(S(=O)(=O)[O-])cc2)C(=O)C1N=Nc1ccc(-c2ccc(N=NC3C(=O)N(c4ccc(S(=O)(=O)[O-])cc4)N=C3C)c(S(=O)(=O)[O-])c2)cc1S(=O)(=O)[O-].[Na+].[Na+].[Na+].[Na+]. The number of carbonyl (C=O) groups excluding carboxylic acids is 2. The van der Waals surface area contributed by atoms with Crippen molar-refractivity contribution >= 4 is 86.5 Å². The second kappa shape index (κ2) is 21.5. The quantitative estimate of drug-likeness (QED) is 0.0766. The normalized spacial score (nSPS) is 16.9. The number of hydrazone groups is 2. The summed E-state index contributed by atoms with van der Waals surface area (Å²) in [5.74, 6) is -1.59. The van der Waals surface area contributed by atoms with E-state index < -0.39 is 95.3 Å². The van der Waals surface area contributed by atoms with E-state index in [1.54, 1.807) is 0 Å². The second-order valence-corrected chi connectivity index (χ2v) is 17.6. The fraction of sp³-hybridized carbons (Fsp3) is 0.125. The maximum absolute atomic E-state index is 13.1. The Kier molecular flexibility index (Phi) is 19.5. The Hall–Kier alpha value is -2.00. The van der Waals surface area contributed by atoms with Crippen molar-refractivity contribution in [3.05, 3.63) is 84.9 Å². The summed E-state index contributed by atoms with van der Waals surface area (Å²) >= 11 is 0. The minimum absolute atomic E-state index is 0. The maximum Gasteiger partial charge on any atom is 1.00 e. The summed E-state index contributed by atoms with van der Waals surface area (Å²) in [5, 5.41) is 25.1. The van der Waals surface area contributed by atoms with E-state index in [9.17, 15) is 61.5 Å². The summed E-state index contributed by atoms with van der Waals surface area (Å²) in [6.07, 6.45) is 0. The first kappa shape index (κ1) is 56.1. The summed E-state index contributed by atoms with van der Waals surface area (Å²) < 4.78 is 141. The van der Waals surface area contributed by atoms with Crippen LogP contribution in [0.15, 0.2) is 135 Å². The molecule has 0 aromatic heterocycles. The van der Waals surface area contributed by atoms with Crippen LogP contribution in [-0.2, 0) is 50.1 Å². The summed E-state index contributed by atoms with van der Waals surface area (Å²) in [5.41, 5.74) is -0.948. The number of benzene rings is 4. The maximum atomic E-state index is 13.1. The topological polar surface area (TPSA) is 344 Å². The number of rotatable bonds is 11. The molecule has 2 heterocycles. The predicted octanol–water partition coefficient (Wildman–Crippen LogP) is -9.26. The van der Waals surface area contributed by atoms with Gasteiger partial charge in [0.25, 0.3) is 11.8 Å². The molecule has 2 aliphatic rings. The average Bonchev–Trinajstić information content (AvgIpc) is 3.59. The summed E-state index contributed by atoms with van der Waals surface area (Å²) in [7, 11) is -20.2. The minimum atomic E-state index is -5.32. The molecule has 0 saturated heterocycles. The van der Waals surface area contributed by atoms with Crippen LogP contribution in [0.25, 0.3) is 11.1 Å². The first-order valence-corrected chi connectivity index (χ1v) is 21.5. The van der Waals surface area contributed by atoms with Gasteiger partial charge in [-0.3, -0.25) is 9.59 Å². The monoisotopic (exact) mass is 962 g/mol. The van der Waals surface area contributed by atoms with Crippen molar-refractivity contribution in [2.75, 3.05) is 10.0 Å². The average molecular weight is 963 g/mol. The van der Waals surface area contributed by atoms with Gasteiger partial charge in [0.2, 0.25) is 0 Å². The molecule has 30 heteroatoms. The van der Waals surface area contributed by atoms with E-state index in [4.69, 9.17) is 0 Å². The Morgan fingerprint density at radius 1 is 0.484 bits per heavy atom. The van der Waals surface area contributed by atoms with Gasteiger partial charge in [0.15, 0.2) is 12.1 Å². The molecule has 62 heavy (non-hydrogen) atoms. The van der Waals surface area contributed by atoms with Crippen LogP contribution < -0.4 is 128 Å². The minimum Gasteiger partial charge on any atom is -0.744 e. The van der Waals surface area contributed by atoms with Crippen molar-refractivity contribution in [1.82, 2.24) is 0 Å². The number of carbonyl (C=O) groups is 2. The van der Waals surface area contributed by atoms with Crippen molar-refractivity contribution in [3.63, 3.8) is 0 Å². The molecule has 22 nitrogen and oxygen atoms in total. The Labute approximate surface area is 442 Å². The van der Waals surface area contributed by atoms with Crippen LogP contribution in [0.2, 0.25) is 0 Å². The molecule has 0 N–H and O–H groups in total. The first-order chi connectivity index (χ1) is 26.9. The zero-order valence-electron chi connectivity index (χ0n) is 33.2. The Bertz CT molecular complexity index is 2790. The zero-order chi connectivity index (χ0) is 42.5. The summed E-state index contributed by atoms with van der Waals surface area (Å²) in [4.78, 5) is 23.2. The molecule has 2 aliphatic heterocycles. The molecule has 302 valence electrons. The zero-order valence-corrected chi connectivity index (χ0v) is 44.4. The summed E-state index contributed by atoms with van der Waals surface area (Å²) in [6.45, 7) is 2.78. The Balaban J connectivity index is 0.00000331. The van der Waals surface area contributed by atoms with E-state index in [-0.39, 0.29) is 152 Å². The third kappa shape index (κ3) is 12.7. The molecule has 0 saturated carbocycles.